The molecule has 0 radical (unpaired) electrons. The summed E-state index contributed by atoms with van der Waals surface area (Å²) < 4.78 is 5.13. The van der Waals surface area contributed by atoms with E-state index in [2.05, 4.69) is 10.6 Å². The number of amides is 3. The van der Waals surface area contributed by atoms with Gasteiger partial charge in [-0.05, 0) is 47.5 Å². The van der Waals surface area contributed by atoms with Crippen molar-refractivity contribution in [3.05, 3.63) is 0 Å². The molecular formula is C18H31N3O7. The molecule has 0 aliphatic carbocycles. The van der Waals surface area contributed by atoms with E-state index in [-0.39, 0.29) is 5.91 Å². The van der Waals surface area contributed by atoms with Gasteiger partial charge >= 0.3 is 12.1 Å². The van der Waals surface area contributed by atoms with Crippen molar-refractivity contribution >= 4 is 23.9 Å². The third-order valence-corrected chi connectivity index (χ3v) is 4.33. The van der Waals surface area contributed by atoms with E-state index in [1.807, 2.05) is 0 Å². The van der Waals surface area contributed by atoms with Crippen LogP contribution in [0.1, 0.15) is 47.5 Å². The summed E-state index contributed by atoms with van der Waals surface area (Å²) in [6.45, 7) is 8.64. The van der Waals surface area contributed by atoms with Gasteiger partial charge in [-0.3, -0.25) is 9.59 Å². The van der Waals surface area contributed by atoms with Gasteiger partial charge in [0.1, 0.15) is 11.6 Å². The normalized spacial score (nSPS) is 18.6. The molecule has 1 aliphatic rings. The van der Waals surface area contributed by atoms with Crippen LogP contribution in [0.2, 0.25) is 0 Å². The zero-order valence-electron chi connectivity index (χ0n) is 17.0. The first kappa shape index (κ1) is 23.7. The fourth-order valence-electron chi connectivity index (χ4n) is 2.84. The maximum absolute atomic E-state index is 12.5. The number of carbonyl (C=O) groups is 4. The summed E-state index contributed by atoms with van der Waals surface area (Å²) in [4.78, 5) is 49.1. The number of carbonyl (C=O) groups excluding carboxylic acids is 3. The van der Waals surface area contributed by atoms with Crippen LogP contribution < -0.4 is 10.6 Å². The molecule has 1 saturated heterocycles. The molecule has 1 heterocycles. The average molecular weight is 401 g/mol. The monoisotopic (exact) mass is 401 g/mol. The Morgan fingerprint density at radius 2 is 1.61 bits per heavy atom. The summed E-state index contributed by atoms with van der Waals surface area (Å²) >= 11 is 0. The Hall–Kier alpha value is -2.36. The standard InChI is InChI=1S/C18H31N3O7/c1-10(19-17(27)28-18(3,4)5)15(24)21-8-6-12(7-9-21)14(23)20-13(11(2)22)16(25)26/h10-13,22H,6-9H2,1-5H3,(H,19,27)(H,20,23)(H,25,26). The number of hydrogen-bond acceptors (Lipinski definition) is 6. The van der Waals surface area contributed by atoms with Gasteiger partial charge in [0.2, 0.25) is 11.8 Å². The molecule has 0 aromatic rings. The van der Waals surface area contributed by atoms with Crippen LogP contribution in [0.15, 0.2) is 0 Å². The minimum atomic E-state index is -1.37. The first-order chi connectivity index (χ1) is 12.8. The number of piperidine rings is 1. The van der Waals surface area contributed by atoms with Crippen LogP contribution >= 0.6 is 0 Å². The minimum Gasteiger partial charge on any atom is -0.480 e. The number of aliphatic carboxylic acids is 1. The molecule has 3 amide bonds. The Kier molecular flexibility index (Phi) is 8.22. The van der Waals surface area contributed by atoms with Gasteiger partial charge in [0.25, 0.3) is 0 Å². The highest BCUT2D eigenvalue weighted by Gasteiger charge is 2.33. The van der Waals surface area contributed by atoms with Gasteiger partial charge in [-0.25, -0.2) is 9.59 Å². The van der Waals surface area contributed by atoms with E-state index in [1.54, 1.807) is 32.6 Å². The smallest absolute Gasteiger partial charge is 0.408 e. The molecule has 0 aromatic carbocycles. The predicted molar refractivity (Wildman–Crippen MR) is 99.4 cm³/mol. The van der Waals surface area contributed by atoms with Crippen molar-refractivity contribution in [2.45, 2.75) is 71.2 Å². The topological polar surface area (TPSA) is 145 Å². The highest BCUT2D eigenvalue weighted by molar-refractivity contribution is 5.87. The number of likely N-dealkylation sites (tertiary alicyclic amines) is 1. The van der Waals surface area contributed by atoms with Gasteiger partial charge in [0.15, 0.2) is 6.04 Å². The highest BCUT2D eigenvalue weighted by atomic mass is 16.6. The van der Waals surface area contributed by atoms with Crippen molar-refractivity contribution in [2.24, 2.45) is 5.92 Å². The van der Waals surface area contributed by atoms with E-state index in [0.717, 1.165) is 0 Å². The Balaban J connectivity index is 2.52. The van der Waals surface area contributed by atoms with Crippen molar-refractivity contribution in [3.63, 3.8) is 0 Å². The van der Waals surface area contributed by atoms with Crippen LogP contribution in [0.3, 0.4) is 0 Å². The number of hydrogen-bond donors (Lipinski definition) is 4. The van der Waals surface area contributed by atoms with E-state index < -0.39 is 47.7 Å². The molecular weight excluding hydrogens is 370 g/mol. The summed E-state index contributed by atoms with van der Waals surface area (Å²) in [6.07, 6.45) is -1.17. The molecule has 1 fully saturated rings. The van der Waals surface area contributed by atoms with Crippen LogP contribution in [-0.4, -0.2) is 75.9 Å². The molecule has 4 N–H and O–H groups in total. The van der Waals surface area contributed by atoms with Gasteiger partial charge in [-0.15, -0.1) is 0 Å². The fraction of sp³-hybridized carbons (Fsp3) is 0.778. The lowest BCUT2D eigenvalue weighted by atomic mass is 9.95. The van der Waals surface area contributed by atoms with Crippen molar-refractivity contribution in [1.29, 1.82) is 0 Å². The van der Waals surface area contributed by atoms with Gasteiger partial charge < -0.3 is 30.5 Å². The molecule has 3 unspecified atom stereocenters. The van der Waals surface area contributed by atoms with Gasteiger partial charge in [0, 0.05) is 19.0 Å². The molecule has 1 rings (SSSR count). The average Bonchev–Trinajstić information content (AvgIpc) is 2.56. The SMILES string of the molecule is CC(NC(=O)OC(C)(C)C)C(=O)N1CCC(C(=O)NC(C(=O)O)C(C)O)CC1. The Morgan fingerprint density at radius 3 is 2.04 bits per heavy atom. The second-order valence-corrected chi connectivity index (χ2v) is 8.03. The number of rotatable bonds is 6. The number of alkyl carbamates (subject to hydrolysis) is 1. The van der Waals surface area contributed by atoms with E-state index >= 15 is 0 Å². The summed E-state index contributed by atoms with van der Waals surface area (Å²) in [5, 5.41) is 23.3. The lowest BCUT2D eigenvalue weighted by Crippen LogP contribution is -2.53. The van der Waals surface area contributed by atoms with Crippen molar-refractivity contribution in [3.8, 4) is 0 Å². The van der Waals surface area contributed by atoms with Crippen LogP contribution in [0.4, 0.5) is 4.79 Å². The number of nitrogens with one attached hydrogen (secondary N) is 2. The van der Waals surface area contributed by atoms with Crippen LogP contribution in [-0.2, 0) is 19.1 Å². The molecule has 3 atom stereocenters. The second-order valence-electron chi connectivity index (χ2n) is 8.03. The van der Waals surface area contributed by atoms with E-state index in [9.17, 15) is 24.3 Å². The Labute approximate surface area is 164 Å². The number of carboxylic acids is 1. The summed E-state index contributed by atoms with van der Waals surface area (Å²) in [6, 6.07) is -2.14. The summed E-state index contributed by atoms with van der Waals surface area (Å²) in [5.74, 6) is -2.49. The molecule has 160 valence electrons. The summed E-state index contributed by atoms with van der Waals surface area (Å²) in [7, 11) is 0. The highest BCUT2D eigenvalue weighted by Crippen LogP contribution is 2.18. The molecule has 0 saturated carbocycles. The largest absolute Gasteiger partial charge is 0.480 e. The molecule has 10 heteroatoms. The third-order valence-electron chi connectivity index (χ3n) is 4.33. The molecule has 10 nitrogen and oxygen atoms in total. The number of aliphatic hydroxyl groups excluding tert-OH is 1. The quantitative estimate of drug-likeness (QED) is 0.493. The molecule has 0 bridgehead atoms. The van der Waals surface area contributed by atoms with Gasteiger partial charge in [-0.1, -0.05) is 0 Å². The van der Waals surface area contributed by atoms with Crippen LogP contribution in [0, 0.1) is 5.92 Å². The first-order valence-corrected chi connectivity index (χ1v) is 9.31. The second kappa shape index (κ2) is 9.72. The molecule has 0 spiro atoms. The lowest BCUT2D eigenvalue weighted by molar-refractivity contribution is -0.146. The van der Waals surface area contributed by atoms with Crippen molar-refractivity contribution in [2.75, 3.05) is 13.1 Å². The van der Waals surface area contributed by atoms with Crippen molar-refractivity contribution in [1.82, 2.24) is 15.5 Å². The number of carboxylic acid groups (broad SMARTS) is 1. The first-order valence-electron chi connectivity index (χ1n) is 9.31. The van der Waals surface area contributed by atoms with Crippen molar-refractivity contribution < 1.29 is 34.1 Å². The van der Waals surface area contributed by atoms with Gasteiger partial charge in [-0.2, -0.15) is 0 Å². The Bertz CT molecular complexity index is 592. The maximum atomic E-state index is 12.5. The predicted octanol–water partition coefficient (Wildman–Crippen LogP) is 0.0884. The van der Waals surface area contributed by atoms with Crippen LogP contribution in [0.5, 0.6) is 0 Å². The fourth-order valence-corrected chi connectivity index (χ4v) is 2.84. The van der Waals surface area contributed by atoms with E-state index in [1.165, 1.54) is 6.92 Å². The van der Waals surface area contributed by atoms with E-state index in [0.29, 0.717) is 25.9 Å². The van der Waals surface area contributed by atoms with E-state index in [4.69, 9.17) is 9.84 Å². The van der Waals surface area contributed by atoms with Gasteiger partial charge in [0.05, 0.1) is 6.10 Å². The third kappa shape index (κ3) is 7.34. The zero-order valence-corrected chi connectivity index (χ0v) is 17.0. The van der Waals surface area contributed by atoms with Crippen LogP contribution in [0.25, 0.3) is 0 Å². The lowest BCUT2D eigenvalue weighted by Gasteiger charge is -2.33. The Morgan fingerprint density at radius 1 is 1.07 bits per heavy atom. The molecule has 0 aromatic heterocycles. The summed E-state index contributed by atoms with van der Waals surface area (Å²) in [5.41, 5.74) is -0.668. The molecule has 28 heavy (non-hydrogen) atoms. The number of ether oxygens (including phenoxy) is 1. The zero-order chi connectivity index (χ0) is 21.6. The maximum Gasteiger partial charge on any atom is 0.408 e. The number of nitrogens with zero attached hydrogens (tertiary/aromatic N) is 1. The number of aliphatic hydroxyl groups is 1. The minimum absolute atomic E-state index is 0.280. The molecule has 1 aliphatic heterocycles.